The zero-order valence-corrected chi connectivity index (χ0v) is 15.6. The molecule has 7 heteroatoms. The summed E-state index contributed by atoms with van der Waals surface area (Å²) in [5.41, 5.74) is 8.17. The van der Waals surface area contributed by atoms with E-state index in [1.54, 1.807) is 35.8 Å². The minimum atomic E-state index is -0.395. The molecule has 27 heavy (non-hydrogen) atoms. The number of nitrogens with one attached hydrogen (secondary N) is 1. The van der Waals surface area contributed by atoms with E-state index in [0.29, 0.717) is 23.8 Å². The molecular formula is C20H23N5O2. The lowest BCUT2D eigenvalue weighted by Gasteiger charge is -2.29. The second-order valence-electron chi connectivity index (χ2n) is 6.36. The fraction of sp³-hybridized carbons (Fsp3) is 0.250. The van der Waals surface area contributed by atoms with Crippen molar-refractivity contribution in [3.8, 4) is 5.75 Å². The summed E-state index contributed by atoms with van der Waals surface area (Å²) in [5, 5.41) is 8.91. The lowest BCUT2D eigenvalue weighted by atomic mass is 10.1. The van der Waals surface area contributed by atoms with Crippen LogP contribution < -0.4 is 20.9 Å². The molecule has 7 nitrogen and oxygen atoms in total. The highest BCUT2D eigenvalue weighted by molar-refractivity contribution is 5.98. The normalized spacial score (nSPS) is 12.0. The first-order valence-corrected chi connectivity index (χ1v) is 8.64. The van der Waals surface area contributed by atoms with Crippen LogP contribution in [-0.4, -0.2) is 28.7 Å². The zero-order chi connectivity index (χ0) is 19.6. The van der Waals surface area contributed by atoms with Gasteiger partial charge in [-0.05, 0) is 38.1 Å². The van der Waals surface area contributed by atoms with Crippen LogP contribution >= 0.6 is 0 Å². The molecule has 0 fully saturated rings. The number of pyridine rings is 2. The Labute approximate surface area is 157 Å². The summed E-state index contributed by atoms with van der Waals surface area (Å²) in [6.07, 6.45) is 1.31. The standard InChI is InChI=1S/C20H23N5O2/c1-13(21)25(14(2)22)18-10-15-7-8-20(26)24(17(15)11-19(18)27-3)12-16-6-4-5-9-23-16/h4-11,13,22H,12,21H2,1-3H3. The highest BCUT2D eigenvalue weighted by Crippen LogP contribution is 2.33. The van der Waals surface area contributed by atoms with Crippen LogP contribution in [0.3, 0.4) is 0 Å². The van der Waals surface area contributed by atoms with Crippen LogP contribution in [-0.2, 0) is 6.54 Å². The van der Waals surface area contributed by atoms with E-state index < -0.39 is 6.17 Å². The van der Waals surface area contributed by atoms with E-state index in [9.17, 15) is 4.79 Å². The predicted molar refractivity (Wildman–Crippen MR) is 108 cm³/mol. The van der Waals surface area contributed by atoms with Crippen LogP contribution in [0.5, 0.6) is 5.75 Å². The second-order valence-corrected chi connectivity index (χ2v) is 6.36. The summed E-state index contributed by atoms with van der Waals surface area (Å²) in [7, 11) is 1.56. The van der Waals surface area contributed by atoms with Crippen LogP contribution in [0, 0.1) is 5.41 Å². The Bertz CT molecular complexity index is 1030. The number of anilines is 1. The first-order chi connectivity index (χ1) is 12.9. The SMILES string of the molecule is COc1cc2c(ccc(=O)n2Cc2ccccn2)cc1N(C(C)=N)C(C)N. The van der Waals surface area contributed by atoms with Crippen molar-refractivity contribution in [2.75, 3.05) is 12.0 Å². The summed E-state index contributed by atoms with van der Waals surface area (Å²) in [4.78, 5) is 18.5. The highest BCUT2D eigenvalue weighted by atomic mass is 16.5. The lowest BCUT2D eigenvalue weighted by Crippen LogP contribution is -2.42. The molecule has 3 N–H and O–H groups in total. The highest BCUT2D eigenvalue weighted by Gasteiger charge is 2.19. The van der Waals surface area contributed by atoms with Crippen molar-refractivity contribution in [3.63, 3.8) is 0 Å². The van der Waals surface area contributed by atoms with Gasteiger partial charge in [0.05, 0.1) is 42.6 Å². The minimum Gasteiger partial charge on any atom is -0.494 e. The molecule has 0 radical (unpaired) electrons. The van der Waals surface area contributed by atoms with Crippen LogP contribution in [0.1, 0.15) is 19.5 Å². The molecule has 0 saturated heterocycles. The summed E-state index contributed by atoms with van der Waals surface area (Å²) in [6.45, 7) is 3.85. The first kappa shape index (κ1) is 18.6. The van der Waals surface area contributed by atoms with Crippen molar-refractivity contribution >= 4 is 22.4 Å². The van der Waals surface area contributed by atoms with Crippen molar-refractivity contribution in [2.45, 2.75) is 26.6 Å². The molecule has 1 unspecified atom stereocenters. The zero-order valence-electron chi connectivity index (χ0n) is 15.6. The van der Waals surface area contributed by atoms with Gasteiger partial charge in [-0.1, -0.05) is 6.07 Å². The molecule has 0 aliphatic rings. The number of rotatable bonds is 5. The van der Waals surface area contributed by atoms with Crippen molar-refractivity contribution in [2.24, 2.45) is 5.73 Å². The fourth-order valence-electron chi connectivity index (χ4n) is 3.18. The van der Waals surface area contributed by atoms with Gasteiger partial charge in [0.2, 0.25) is 0 Å². The Balaban J connectivity index is 2.21. The Morgan fingerprint density at radius 3 is 2.70 bits per heavy atom. The number of nitrogens with zero attached hydrogens (tertiary/aromatic N) is 3. The number of hydrogen-bond donors (Lipinski definition) is 2. The van der Waals surface area contributed by atoms with Crippen molar-refractivity contribution < 1.29 is 4.74 Å². The molecule has 0 amide bonds. The molecule has 3 rings (SSSR count). The van der Waals surface area contributed by atoms with Gasteiger partial charge < -0.3 is 19.9 Å². The molecule has 140 valence electrons. The predicted octanol–water partition coefficient (Wildman–Crippen LogP) is 2.56. The molecule has 0 aliphatic carbocycles. The van der Waals surface area contributed by atoms with Gasteiger partial charge in [0.15, 0.2) is 0 Å². The van der Waals surface area contributed by atoms with Crippen molar-refractivity contribution in [3.05, 3.63) is 64.7 Å². The third-order valence-electron chi connectivity index (χ3n) is 4.36. The number of fused-ring (bicyclic) bond motifs is 1. The lowest BCUT2D eigenvalue weighted by molar-refractivity contribution is 0.415. The largest absolute Gasteiger partial charge is 0.494 e. The van der Waals surface area contributed by atoms with Gasteiger partial charge in [0.1, 0.15) is 5.75 Å². The maximum atomic E-state index is 12.5. The van der Waals surface area contributed by atoms with E-state index in [-0.39, 0.29) is 5.56 Å². The van der Waals surface area contributed by atoms with E-state index in [2.05, 4.69) is 4.98 Å². The third kappa shape index (κ3) is 3.68. The molecule has 2 aromatic heterocycles. The number of aromatic nitrogens is 2. The monoisotopic (exact) mass is 365 g/mol. The van der Waals surface area contributed by atoms with Gasteiger partial charge in [-0.3, -0.25) is 15.2 Å². The third-order valence-corrected chi connectivity index (χ3v) is 4.36. The van der Waals surface area contributed by atoms with E-state index >= 15 is 0 Å². The van der Waals surface area contributed by atoms with E-state index in [1.807, 2.05) is 37.3 Å². The molecule has 0 bridgehead atoms. The Morgan fingerprint density at radius 2 is 2.11 bits per heavy atom. The first-order valence-electron chi connectivity index (χ1n) is 8.64. The molecular weight excluding hydrogens is 342 g/mol. The number of nitrogens with two attached hydrogens (primary N) is 1. The van der Waals surface area contributed by atoms with Crippen LogP contribution in [0.2, 0.25) is 0 Å². The van der Waals surface area contributed by atoms with Crippen LogP contribution in [0.15, 0.2) is 53.5 Å². The van der Waals surface area contributed by atoms with Gasteiger partial charge in [-0.15, -0.1) is 0 Å². The molecule has 2 heterocycles. The molecule has 1 aromatic carbocycles. The number of benzene rings is 1. The van der Waals surface area contributed by atoms with Gasteiger partial charge in [0.25, 0.3) is 5.56 Å². The quantitative estimate of drug-likeness (QED) is 0.411. The minimum absolute atomic E-state index is 0.116. The van der Waals surface area contributed by atoms with Crippen LogP contribution in [0.25, 0.3) is 10.9 Å². The van der Waals surface area contributed by atoms with E-state index in [0.717, 1.165) is 16.6 Å². The molecule has 0 spiro atoms. The molecule has 0 aliphatic heterocycles. The van der Waals surface area contributed by atoms with E-state index in [4.69, 9.17) is 15.9 Å². The smallest absolute Gasteiger partial charge is 0.251 e. The number of ether oxygens (including phenoxy) is 1. The molecule has 0 saturated carbocycles. The van der Waals surface area contributed by atoms with E-state index in [1.165, 1.54) is 6.07 Å². The molecule has 1 atom stereocenters. The average Bonchev–Trinajstić information content (AvgIpc) is 2.64. The Hall–Kier alpha value is -3.19. The number of hydrogen-bond acceptors (Lipinski definition) is 5. The Kier molecular flexibility index (Phi) is 5.23. The maximum Gasteiger partial charge on any atom is 0.251 e. The van der Waals surface area contributed by atoms with Gasteiger partial charge in [0, 0.05) is 23.7 Å². The van der Waals surface area contributed by atoms with Gasteiger partial charge >= 0.3 is 0 Å². The van der Waals surface area contributed by atoms with Gasteiger partial charge in [-0.25, -0.2) is 0 Å². The summed E-state index contributed by atoms with van der Waals surface area (Å²) >= 11 is 0. The number of amidine groups is 1. The maximum absolute atomic E-state index is 12.5. The van der Waals surface area contributed by atoms with Gasteiger partial charge in [-0.2, -0.15) is 0 Å². The topological polar surface area (TPSA) is 97.2 Å². The Morgan fingerprint density at radius 1 is 1.33 bits per heavy atom. The summed E-state index contributed by atoms with van der Waals surface area (Å²) in [5.74, 6) is 0.858. The fourth-order valence-corrected chi connectivity index (χ4v) is 3.18. The van der Waals surface area contributed by atoms with Crippen molar-refractivity contribution in [1.29, 1.82) is 5.41 Å². The molecule has 3 aromatic rings. The summed E-state index contributed by atoms with van der Waals surface area (Å²) in [6, 6.07) is 12.6. The summed E-state index contributed by atoms with van der Waals surface area (Å²) < 4.78 is 7.22. The van der Waals surface area contributed by atoms with Crippen LogP contribution in [0.4, 0.5) is 5.69 Å². The van der Waals surface area contributed by atoms with Crippen molar-refractivity contribution in [1.82, 2.24) is 9.55 Å². The average molecular weight is 365 g/mol. The second kappa shape index (κ2) is 7.59. The number of methoxy groups -OCH3 is 1.